The van der Waals surface area contributed by atoms with Gasteiger partial charge in [0.1, 0.15) is 0 Å². The molecule has 2 N–H and O–H groups in total. The van der Waals surface area contributed by atoms with Gasteiger partial charge in [-0.15, -0.1) is 0 Å². The largest absolute Gasteiger partial charge is 0.338 e. The predicted octanol–water partition coefficient (Wildman–Crippen LogP) is 6.59. The molecule has 0 radical (unpaired) electrons. The Morgan fingerprint density at radius 2 is 1.76 bits per heavy atom. The van der Waals surface area contributed by atoms with Crippen LogP contribution in [0.2, 0.25) is 10.0 Å². The Morgan fingerprint density at radius 3 is 2.35 bits per heavy atom. The highest BCUT2D eigenvalue weighted by molar-refractivity contribution is 7.79. The van der Waals surface area contributed by atoms with Gasteiger partial charge in [-0.3, -0.25) is 4.79 Å². The molecule has 1 fully saturated rings. The molecule has 37 heavy (non-hydrogen) atoms. The number of aromatic nitrogens is 2. The summed E-state index contributed by atoms with van der Waals surface area (Å²) >= 11 is 11.4. The molecule has 7 nitrogen and oxygen atoms in total. The third-order valence-electron chi connectivity index (χ3n) is 6.54. The maximum Gasteiger partial charge on any atom is 0.237 e. The molecule has 4 aromatic rings. The molecule has 0 spiro atoms. The van der Waals surface area contributed by atoms with Gasteiger partial charge in [-0.2, -0.15) is 4.98 Å². The Bertz CT molecular complexity index is 1450. The summed E-state index contributed by atoms with van der Waals surface area (Å²) in [5.74, 6) is 0.733. The summed E-state index contributed by atoms with van der Waals surface area (Å²) < 4.78 is 26.2. The van der Waals surface area contributed by atoms with Crippen molar-refractivity contribution in [1.82, 2.24) is 10.1 Å². The highest BCUT2D eigenvalue weighted by atomic mass is 35.5. The lowest BCUT2D eigenvalue weighted by Crippen LogP contribution is -2.16. The van der Waals surface area contributed by atoms with Crippen molar-refractivity contribution in [2.24, 2.45) is 0 Å². The summed E-state index contributed by atoms with van der Waals surface area (Å²) in [5.41, 5.74) is 3.00. The van der Waals surface area contributed by atoms with Crippen LogP contribution in [0.25, 0.3) is 11.4 Å². The van der Waals surface area contributed by atoms with Gasteiger partial charge in [-0.05, 0) is 43.0 Å². The number of carbonyl (C=O) groups is 1. The lowest BCUT2D eigenvalue weighted by molar-refractivity contribution is -0.115. The van der Waals surface area contributed by atoms with E-state index in [1.807, 2.05) is 30.3 Å². The van der Waals surface area contributed by atoms with Gasteiger partial charge in [0.15, 0.2) is 11.1 Å². The van der Waals surface area contributed by atoms with Gasteiger partial charge in [0.2, 0.25) is 17.6 Å². The van der Waals surface area contributed by atoms with Crippen LogP contribution in [0.15, 0.2) is 71.3 Å². The molecule has 0 aliphatic heterocycles. The van der Waals surface area contributed by atoms with Crippen LogP contribution < -0.4 is 5.32 Å². The first-order valence-corrected chi connectivity index (χ1v) is 13.6. The van der Waals surface area contributed by atoms with Crippen LogP contribution in [0, 0.1) is 0 Å². The maximum atomic E-state index is 12.7. The zero-order valence-corrected chi connectivity index (χ0v) is 22.1. The van der Waals surface area contributed by atoms with E-state index in [9.17, 15) is 13.6 Å². The molecule has 190 valence electrons. The number of rotatable bonds is 8. The van der Waals surface area contributed by atoms with Gasteiger partial charge in [-0.25, -0.2) is 4.21 Å². The normalized spacial score (nSPS) is 15.7. The van der Waals surface area contributed by atoms with E-state index in [0.717, 1.165) is 29.5 Å². The van der Waals surface area contributed by atoms with Crippen LogP contribution in [-0.4, -0.2) is 24.8 Å². The molecule has 10 heteroatoms. The fourth-order valence-electron chi connectivity index (χ4n) is 4.33. The zero-order chi connectivity index (χ0) is 26.2. The highest BCUT2D eigenvalue weighted by Gasteiger charge is 2.53. The first kappa shape index (κ1) is 25.6. The quantitative estimate of drug-likeness (QED) is 0.237. The van der Waals surface area contributed by atoms with Crippen molar-refractivity contribution in [2.75, 3.05) is 5.32 Å². The van der Waals surface area contributed by atoms with Gasteiger partial charge >= 0.3 is 0 Å². The second-order valence-corrected chi connectivity index (χ2v) is 11.1. The Hall–Kier alpha value is -3.04. The van der Waals surface area contributed by atoms with Crippen molar-refractivity contribution in [3.8, 4) is 11.4 Å². The smallest absolute Gasteiger partial charge is 0.237 e. The molecule has 0 bridgehead atoms. The molecule has 1 saturated carbocycles. The van der Waals surface area contributed by atoms with Crippen LogP contribution in [-0.2, 0) is 27.7 Å². The molecule has 2 unspecified atom stereocenters. The minimum absolute atomic E-state index is 0.127. The van der Waals surface area contributed by atoms with Gasteiger partial charge in [0, 0.05) is 26.9 Å². The number of benzene rings is 3. The molecule has 0 saturated heterocycles. The number of anilines is 1. The Labute approximate surface area is 226 Å². The van der Waals surface area contributed by atoms with Crippen LogP contribution >= 0.6 is 23.2 Å². The van der Waals surface area contributed by atoms with E-state index in [1.54, 1.807) is 43.3 Å². The predicted molar refractivity (Wildman–Crippen MR) is 144 cm³/mol. The molecule has 1 aliphatic rings. The van der Waals surface area contributed by atoms with Crippen LogP contribution in [0.1, 0.15) is 47.6 Å². The summed E-state index contributed by atoms with van der Waals surface area (Å²) in [7, 11) is 0. The third kappa shape index (κ3) is 5.33. The lowest BCUT2D eigenvalue weighted by Gasteiger charge is -2.17. The van der Waals surface area contributed by atoms with Crippen molar-refractivity contribution in [1.29, 1.82) is 0 Å². The Balaban J connectivity index is 1.31. The van der Waals surface area contributed by atoms with Crippen molar-refractivity contribution in [2.45, 2.75) is 36.9 Å². The third-order valence-corrected chi connectivity index (χ3v) is 8.01. The molecule has 1 aliphatic carbocycles. The van der Waals surface area contributed by atoms with E-state index < -0.39 is 21.7 Å². The highest BCUT2D eigenvalue weighted by Crippen LogP contribution is 2.57. The van der Waals surface area contributed by atoms with Gasteiger partial charge in [0.05, 0.1) is 17.1 Å². The number of halogens is 2. The van der Waals surface area contributed by atoms with Crippen molar-refractivity contribution >= 4 is 45.9 Å². The number of hydrogen-bond acceptors (Lipinski definition) is 5. The number of nitrogens with one attached hydrogen (secondary N) is 1. The number of nitrogens with zero attached hydrogens (tertiary/aromatic N) is 2. The monoisotopic (exact) mass is 555 g/mol. The lowest BCUT2D eigenvalue weighted by atomic mass is 9.95. The number of carbonyl (C=O) groups excluding carboxylic acids is 1. The SMILES string of the molecule is CC(c1ccc(CC(=O)Nc2cc(Cl)c(C3(c4nc(-c5ccccc5)no4)CC3)c(Cl)c2)cc1)S(=O)O. The molecular weight excluding hydrogens is 533 g/mol. The number of hydrogen-bond donors (Lipinski definition) is 2. The summed E-state index contributed by atoms with van der Waals surface area (Å²) in [6, 6.07) is 20.0. The number of amides is 1. The van der Waals surface area contributed by atoms with E-state index >= 15 is 0 Å². The summed E-state index contributed by atoms with van der Waals surface area (Å²) in [5, 5.41) is 7.31. The average molecular weight is 556 g/mol. The molecule has 1 amide bonds. The topological polar surface area (TPSA) is 105 Å². The van der Waals surface area contributed by atoms with E-state index in [0.29, 0.717) is 33.0 Å². The summed E-state index contributed by atoms with van der Waals surface area (Å²) in [6.07, 6.45) is 1.67. The van der Waals surface area contributed by atoms with E-state index in [-0.39, 0.29) is 12.3 Å². The van der Waals surface area contributed by atoms with Crippen LogP contribution in [0.3, 0.4) is 0 Å². The van der Waals surface area contributed by atoms with Crippen LogP contribution in [0.4, 0.5) is 5.69 Å². The molecule has 1 heterocycles. The van der Waals surface area contributed by atoms with Crippen LogP contribution in [0.5, 0.6) is 0 Å². The van der Waals surface area contributed by atoms with Crippen molar-refractivity contribution in [3.63, 3.8) is 0 Å². The second kappa shape index (κ2) is 10.4. The van der Waals surface area contributed by atoms with Crippen molar-refractivity contribution < 1.29 is 18.1 Å². The fraction of sp³-hybridized carbons (Fsp3) is 0.222. The van der Waals surface area contributed by atoms with Crippen molar-refractivity contribution in [3.05, 3.63) is 99.4 Å². The van der Waals surface area contributed by atoms with Gasteiger partial charge in [0.25, 0.3) is 0 Å². The Morgan fingerprint density at radius 1 is 1.11 bits per heavy atom. The second-order valence-electron chi connectivity index (χ2n) is 9.07. The minimum atomic E-state index is -1.95. The summed E-state index contributed by atoms with van der Waals surface area (Å²) in [6.45, 7) is 1.67. The average Bonchev–Trinajstić information content (AvgIpc) is 3.50. The molecule has 5 rings (SSSR count). The first-order chi connectivity index (χ1) is 17.8. The standard InChI is InChI=1S/C27H23Cl2N3O4S/c1-16(37(34)35)18-9-7-17(8-10-18)13-23(33)30-20-14-21(28)24(22(29)15-20)27(11-12-27)26-31-25(32-36-26)19-5-3-2-4-6-19/h2-10,14-16H,11-13H2,1H3,(H,30,33)(H,34,35). The van der Waals surface area contributed by atoms with E-state index in [4.69, 9.17) is 27.7 Å². The van der Waals surface area contributed by atoms with E-state index in [2.05, 4.69) is 15.5 Å². The maximum absolute atomic E-state index is 12.7. The Kier molecular flexibility index (Phi) is 7.18. The molecule has 3 aromatic carbocycles. The van der Waals surface area contributed by atoms with E-state index in [1.165, 1.54) is 0 Å². The fourth-order valence-corrected chi connectivity index (χ4v) is 5.57. The van der Waals surface area contributed by atoms with Gasteiger partial charge in [-0.1, -0.05) is 83.0 Å². The molecule has 1 aromatic heterocycles. The zero-order valence-electron chi connectivity index (χ0n) is 19.8. The molecular formula is C27H23Cl2N3O4S. The molecule has 2 atom stereocenters. The first-order valence-electron chi connectivity index (χ1n) is 11.6. The summed E-state index contributed by atoms with van der Waals surface area (Å²) in [4.78, 5) is 17.3. The minimum Gasteiger partial charge on any atom is -0.338 e. The van der Waals surface area contributed by atoms with Gasteiger partial charge < -0.3 is 14.4 Å².